The molecule has 3 heterocycles. The minimum atomic E-state index is 0.248. The van der Waals surface area contributed by atoms with Gasteiger partial charge in [0, 0.05) is 32.2 Å². The number of hydrogen-bond donors (Lipinski definition) is 1. The lowest BCUT2D eigenvalue weighted by molar-refractivity contribution is 0.0238. The molecule has 2 N–H and O–H groups in total. The zero-order valence-electron chi connectivity index (χ0n) is 11.8. The summed E-state index contributed by atoms with van der Waals surface area (Å²) in [5.74, 6) is 2.01. The van der Waals surface area contributed by atoms with Gasteiger partial charge in [0.15, 0.2) is 0 Å². The summed E-state index contributed by atoms with van der Waals surface area (Å²) in [5.41, 5.74) is 6.00. The molecule has 0 aliphatic carbocycles. The Hall–Kier alpha value is -0.840. The van der Waals surface area contributed by atoms with Gasteiger partial charge in [-0.15, -0.1) is 0 Å². The van der Waals surface area contributed by atoms with Crippen molar-refractivity contribution in [3.05, 3.63) is 23.7 Å². The molecule has 2 unspecified atom stereocenters. The fourth-order valence-corrected chi connectivity index (χ4v) is 3.54. The largest absolute Gasteiger partial charge is 0.465 e. The van der Waals surface area contributed by atoms with Gasteiger partial charge in [0.05, 0.1) is 6.04 Å². The number of piperidine rings is 1. The molecule has 1 aromatic heterocycles. The van der Waals surface area contributed by atoms with Gasteiger partial charge >= 0.3 is 0 Å². The third kappa shape index (κ3) is 2.71. The maximum Gasteiger partial charge on any atom is 0.122 e. The first kappa shape index (κ1) is 13.2. The van der Waals surface area contributed by atoms with Crippen molar-refractivity contribution in [2.24, 2.45) is 5.73 Å². The van der Waals surface area contributed by atoms with Crippen LogP contribution in [-0.4, -0.2) is 48.6 Å². The van der Waals surface area contributed by atoms with Crippen LogP contribution >= 0.6 is 0 Å². The van der Waals surface area contributed by atoms with E-state index >= 15 is 0 Å². The van der Waals surface area contributed by atoms with E-state index in [9.17, 15) is 0 Å². The van der Waals surface area contributed by atoms with Crippen LogP contribution in [-0.2, 0) is 0 Å². The minimum absolute atomic E-state index is 0.248. The number of hydrogen-bond acceptors (Lipinski definition) is 4. The second kappa shape index (κ2) is 5.65. The predicted octanol–water partition coefficient (Wildman–Crippen LogP) is 1.76. The second-order valence-electron chi connectivity index (χ2n) is 5.88. The summed E-state index contributed by atoms with van der Waals surface area (Å²) in [6.45, 7) is 7.35. The van der Waals surface area contributed by atoms with Crippen LogP contribution in [0.3, 0.4) is 0 Å². The van der Waals surface area contributed by atoms with Gasteiger partial charge in [0.1, 0.15) is 11.5 Å². The van der Waals surface area contributed by atoms with Crippen LogP contribution in [0.5, 0.6) is 0 Å². The summed E-state index contributed by atoms with van der Waals surface area (Å²) in [5, 5.41) is 0. The van der Waals surface area contributed by atoms with E-state index in [0.29, 0.717) is 6.54 Å². The molecule has 2 atom stereocenters. The highest BCUT2D eigenvalue weighted by Crippen LogP contribution is 2.28. The van der Waals surface area contributed by atoms with Crippen LogP contribution in [0.15, 0.2) is 16.5 Å². The lowest BCUT2D eigenvalue weighted by Gasteiger charge is -2.46. The van der Waals surface area contributed by atoms with Gasteiger partial charge in [0.25, 0.3) is 0 Å². The Morgan fingerprint density at radius 1 is 1.32 bits per heavy atom. The van der Waals surface area contributed by atoms with Crippen LogP contribution in [0, 0.1) is 6.92 Å². The van der Waals surface area contributed by atoms with Gasteiger partial charge in [-0.3, -0.25) is 9.80 Å². The van der Waals surface area contributed by atoms with Crippen molar-refractivity contribution in [3.8, 4) is 0 Å². The molecule has 106 valence electrons. The maximum absolute atomic E-state index is 6.00. The number of fused-ring (bicyclic) bond motifs is 1. The number of aryl methyl sites for hydroxylation is 1. The molecule has 19 heavy (non-hydrogen) atoms. The van der Waals surface area contributed by atoms with Gasteiger partial charge in [0.2, 0.25) is 0 Å². The van der Waals surface area contributed by atoms with Gasteiger partial charge in [-0.25, -0.2) is 0 Å². The average molecular weight is 263 g/mol. The molecule has 0 saturated carbocycles. The SMILES string of the molecule is Cc1ccc(C(CN)N2CCN3CCCCC3C2)o1. The monoisotopic (exact) mass is 263 g/mol. The Kier molecular flexibility index (Phi) is 3.91. The van der Waals surface area contributed by atoms with E-state index < -0.39 is 0 Å². The van der Waals surface area contributed by atoms with E-state index in [0.717, 1.165) is 30.7 Å². The molecule has 2 fully saturated rings. The zero-order chi connectivity index (χ0) is 13.2. The highest BCUT2D eigenvalue weighted by Gasteiger charge is 2.33. The molecule has 2 aliphatic heterocycles. The van der Waals surface area contributed by atoms with Gasteiger partial charge < -0.3 is 10.2 Å². The van der Waals surface area contributed by atoms with Crippen LogP contribution < -0.4 is 5.73 Å². The van der Waals surface area contributed by atoms with Crippen LogP contribution in [0.1, 0.15) is 36.8 Å². The van der Waals surface area contributed by atoms with Crippen LogP contribution in [0.4, 0.5) is 0 Å². The Labute approximate surface area is 115 Å². The molecule has 0 spiro atoms. The van der Waals surface area contributed by atoms with E-state index in [4.69, 9.17) is 10.2 Å². The molecular weight excluding hydrogens is 238 g/mol. The highest BCUT2D eigenvalue weighted by atomic mass is 16.3. The summed E-state index contributed by atoms with van der Waals surface area (Å²) in [4.78, 5) is 5.17. The summed E-state index contributed by atoms with van der Waals surface area (Å²) >= 11 is 0. The van der Waals surface area contributed by atoms with Crippen LogP contribution in [0.2, 0.25) is 0 Å². The Morgan fingerprint density at radius 3 is 2.95 bits per heavy atom. The molecule has 0 radical (unpaired) electrons. The van der Waals surface area contributed by atoms with E-state index in [-0.39, 0.29) is 6.04 Å². The molecule has 2 aliphatic rings. The van der Waals surface area contributed by atoms with Crippen molar-refractivity contribution >= 4 is 0 Å². The summed E-state index contributed by atoms with van der Waals surface area (Å²) in [6.07, 6.45) is 4.08. The van der Waals surface area contributed by atoms with Crippen molar-refractivity contribution in [1.29, 1.82) is 0 Å². The smallest absolute Gasteiger partial charge is 0.122 e. The molecule has 0 amide bonds. The lowest BCUT2D eigenvalue weighted by atomic mass is 9.98. The lowest BCUT2D eigenvalue weighted by Crippen LogP contribution is -2.56. The fraction of sp³-hybridized carbons (Fsp3) is 0.733. The first-order chi connectivity index (χ1) is 9.28. The van der Waals surface area contributed by atoms with E-state index in [1.54, 1.807) is 0 Å². The zero-order valence-corrected chi connectivity index (χ0v) is 11.8. The fourth-order valence-electron chi connectivity index (χ4n) is 3.54. The van der Waals surface area contributed by atoms with Crippen molar-refractivity contribution < 1.29 is 4.42 Å². The van der Waals surface area contributed by atoms with Crippen molar-refractivity contribution in [2.45, 2.75) is 38.3 Å². The highest BCUT2D eigenvalue weighted by molar-refractivity contribution is 5.11. The van der Waals surface area contributed by atoms with Crippen molar-refractivity contribution in [1.82, 2.24) is 9.80 Å². The van der Waals surface area contributed by atoms with Gasteiger partial charge in [-0.1, -0.05) is 6.42 Å². The summed E-state index contributed by atoms with van der Waals surface area (Å²) in [7, 11) is 0. The quantitative estimate of drug-likeness (QED) is 0.902. The molecule has 4 nitrogen and oxygen atoms in total. The third-order valence-corrected chi connectivity index (χ3v) is 4.62. The third-order valence-electron chi connectivity index (χ3n) is 4.62. The molecule has 2 saturated heterocycles. The first-order valence-corrected chi connectivity index (χ1v) is 7.52. The van der Waals surface area contributed by atoms with Gasteiger partial charge in [-0.2, -0.15) is 0 Å². The molecule has 1 aromatic rings. The number of nitrogens with two attached hydrogens (primary N) is 1. The standard InChI is InChI=1S/C15H25N3O/c1-12-5-6-15(19-12)14(10-16)18-9-8-17-7-3-2-4-13(17)11-18/h5-6,13-14H,2-4,7-11,16H2,1H3. The number of furan rings is 1. The van der Waals surface area contributed by atoms with Crippen LogP contribution in [0.25, 0.3) is 0 Å². The van der Waals surface area contributed by atoms with E-state index in [2.05, 4.69) is 15.9 Å². The molecule has 0 aromatic carbocycles. The Bertz CT molecular complexity index is 417. The minimum Gasteiger partial charge on any atom is -0.465 e. The number of rotatable bonds is 3. The normalized spacial score (nSPS) is 27.2. The number of piperazine rings is 1. The molecule has 3 rings (SSSR count). The van der Waals surface area contributed by atoms with Crippen molar-refractivity contribution in [3.63, 3.8) is 0 Å². The van der Waals surface area contributed by atoms with Gasteiger partial charge in [-0.05, 0) is 38.4 Å². The topological polar surface area (TPSA) is 45.6 Å². The maximum atomic E-state index is 6.00. The molecule has 0 bridgehead atoms. The second-order valence-corrected chi connectivity index (χ2v) is 5.88. The van der Waals surface area contributed by atoms with Crippen molar-refractivity contribution in [2.75, 3.05) is 32.7 Å². The Balaban J connectivity index is 1.70. The van der Waals surface area contributed by atoms with E-state index in [1.807, 2.05) is 13.0 Å². The summed E-state index contributed by atoms with van der Waals surface area (Å²) in [6, 6.07) is 5.10. The molecular formula is C15H25N3O. The average Bonchev–Trinajstić information content (AvgIpc) is 2.86. The molecule has 4 heteroatoms. The summed E-state index contributed by atoms with van der Waals surface area (Å²) < 4.78 is 5.79. The first-order valence-electron chi connectivity index (χ1n) is 7.52. The Morgan fingerprint density at radius 2 is 2.21 bits per heavy atom. The van der Waals surface area contributed by atoms with E-state index in [1.165, 1.54) is 32.4 Å². The number of nitrogens with zero attached hydrogens (tertiary/aromatic N) is 2. The predicted molar refractivity (Wildman–Crippen MR) is 76.0 cm³/mol.